The van der Waals surface area contributed by atoms with Gasteiger partial charge in [0.25, 0.3) is 5.78 Å². The van der Waals surface area contributed by atoms with Gasteiger partial charge in [0.2, 0.25) is 5.82 Å². The van der Waals surface area contributed by atoms with Gasteiger partial charge in [-0.25, -0.2) is 14.9 Å². The van der Waals surface area contributed by atoms with E-state index in [9.17, 15) is 4.79 Å². The van der Waals surface area contributed by atoms with Crippen LogP contribution < -0.4 is 14.9 Å². The summed E-state index contributed by atoms with van der Waals surface area (Å²) in [5.74, 6) is 1.06. The zero-order valence-corrected chi connectivity index (χ0v) is 14.8. The first-order valence-electron chi connectivity index (χ1n) is 7.78. The Labute approximate surface area is 149 Å². The van der Waals surface area contributed by atoms with E-state index in [0.717, 1.165) is 11.4 Å². The predicted octanol–water partition coefficient (Wildman–Crippen LogP) is 1.52. The molecule has 0 bridgehead atoms. The third-order valence-electron chi connectivity index (χ3n) is 3.63. The number of fused-ring (bicyclic) bond motifs is 1. The van der Waals surface area contributed by atoms with Crippen molar-refractivity contribution in [1.29, 1.82) is 0 Å². The Kier molecular flexibility index (Phi) is 4.78. The highest BCUT2D eigenvalue weighted by Crippen LogP contribution is 2.22. The minimum Gasteiger partial charge on any atom is -0.497 e. The zero-order chi connectivity index (χ0) is 18.7. The predicted molar refractivity (Wildman–Crippen MR) is 94.9 cm³/mol. The lowest BCUT2D eigenvalue weighted by atomic mass is 10.2. The maximum atomic E-state index is 12.2. The molecule has 3 aromatic rings. The quantitative estimate of drug-likeness (QED) is 0.550. The van der Waals surface area contributed by atoms with Gasteiger partial charge in [-0.15, -0.1) is 5.10 Å². The average Bonchev–Trinajstić information content (AvgIpc) is 3.06. The van der Waals surface area contributed by atoms with Crippen LogP contribution in [0.2, 0.25) is 0 Å². The number of rotatable bonds is 5. The maximum absolute atomic E-state index is 12.2. The highest BCUT2D eigenvalue weighted by atomic mass is 16.5. The largest absolute Gasteiger partial charge is 0.497 e. The van der Waals surface area contributed by atoms with Crippen LogP contribution in [0.4, 0.5) is 0 Å². The number of ether oxygens (including phenoxy) is 2. The lowest BCUT2D eigenvalue weighted by Crippen LogP contribution is -2.19. The molecule has 3 rings (SSSR count). The van der Waals surface area contributed by atoms with Crippen LogP contribution >= 0.6 is 0 Å². The van der Waals surface area contributed by atoms with Gasteiger partial charge in [-0.2, -0.15) is 10.1 Å². The maximum Gasteiger partial charge on any atom is 0.311 e. The molecule has 0 aliphatic heterocycles. The van der Waals surface area contributed by atoms with Crippen LogP contribution in [0.3, 0.4) is 0 Å². The number of nitrogens with one attached hydrogen (secondary N) is 1. The number of carbonyl (C=O) groups is 1. The van der Waals surface area contributed by atoms with E-state index in [0.29, 0.717) is 22.8 Å². The van der Waals surface area contributed by atoms with Crippen LogP contribution in [-0.2, 0) is 0 Å². The molecule has 0 aliphatic rings. The van der Waals surface area contributed by atoms with Gasteiger partial charge < -0.3 is 9.47 Å². The van der Waals surface area contributed by atoms with Gasteiger partial charge in [-0.1, -0.05) is 0 Å². The molecule has 2 aromatic heterocycles. The van der Waals surface area contributed by atoms with E-state index in [2.05, 4.69) is 25.6 Å². The Morgan fingerprint density at radius 2 is 2.00 bits per heavy atom. The molecule has 134 valence electrons. The summed E-state index contributed by atoms with van der Waals surface area (Å²) < 4.78 is 11.9. The topological polar surface area (TPSA) is 103 Å². The minimum atomic E-state index is -0.531. The van der Waals surface area contributed by atoms with Gasteiger partial charge in [0.1, 0.15) is 11.5 Å². The van der Waals surface area contributed by atoms with E-state index in [1.807, 2.05) is 19.9 Å². The lowest BCUT2D eigenvalue weighted by molar-refractivity contribution is 0.0945. The molecule has 1 aromatic carbocycles. The van der Waals surface area contributed by atoms with Crippen molar-refractivity contribution >= 4 is 17.9 Å². The van der Waals surface area contributed by atoms with Crippen LogP contribution in [0.1, 0.15) is 27.6 Å². The molecule has 1 amide bonds. The molecule has 0 radical (unpaired) electrons. The Bertz CT molecular complexity index is 996. The van der Waals surface area contributed by atoms with E-state index < -0.39 is 5.91 Å². The molecule has 0 atom stereocenters. The van der Waals surface area contributed by atoms with Crippen LogP contribution in [-0.4, -0.2) is 45.9 Å². The Morgan fingerprint density at radius 3 is 2.73 bits per heavy atom. The number of nitrogens with zero attached hydrogens (tertiary/aromatic N) is 5. The summed E-state index contributed by atoms with van der Waals surface area (Å²) in [7, 11) is 3.12. The van der Waals surface area contributed by atoms with E-state index in [4.69, 9.17) is 9.47 Å². The van der Waals surface area contributed by atoms with Crippen LogP contribution in [0.25, 0.3) is 5.78 Å². The summed E-state index contributed by atoms with van der Waals surface area (Å²) in [6.45, 7) is 3.72. The number of amides is 1. The second-order valence-electron chi connectivity index (χ2n) is 5.49. The summed E-state index contributed by atoms with van der Waals surface area (Å²) in [5, 5.41) is 8.09. The summed E-state index contributed by atoms with van der Waals surface area (Å²) >= 11 is 0. The minimum absolute atomic E-state index is 0.00922. The van der Waals surface area contributed by atoms with Gasteiger partial charge in [0.15, 0.2) is 0 Å². The van der Waals surface area contributed by atoms with Crippen molar-refractivity contribution in [3.05, 3.63) is 47.0 Å². The molecule has 1 N–H and O–H groups in total. The van der Waals surface area contributed by atoms with Gasteiger partial charge >= 0.3 is 5.91 Å². The smallest absolute Gasteiger partial charge is 0.311 e. The lowest BCUT2D eigenvalue weighted by Gasteiger charge is -2.06. The molecule has 0 unspecified atom stereocenters. The van der Waals surface area contributed by atoms with Crippen molar-refractivity contribution < 1.29 is 14.3 Å². The molecule has 0 aliphatic carbocycles. The molecule has 9 nitrogen and oxygen atoms in total. The van der Waals surface area contributed by atoms with Crippen molar-refractivity contribution in [3.8, 4) is 11.5 Å². The molecule has 0 spiro atoms. The van der Waals surface area contributed by atoms with Crippen LogP contribution in [0.5, 0.6) is 11.5 Å². The summed E-state index contributed by atoms with van der Waals surface area (Å²) in [4.78, 5) is 20.6. The third kappa shape index (κ3) is 3.46. The van der Waals surface area contributed by atoms with Crippen LogP contribution in [0, 0.1) is 13.8 Å². The second-order valence-corrected chi connectivity index (χ2v) is 5.49. The van der Waals surface area contributed by atoms with Gasteiger partial charge in [-0.05, 0) is 32.0 Å². The molecular weight excluding hydrogens is 336 g/mol. The Morgan fingerprint density at radius 1 is 1.19 bits per heavy atom. The first-order chi connectivity index (χ1) is 12.5. The highest BCUT2D eigenvalue weighted by Gasteiger charge is 2.14. The molecule has 9 heteroatoms. The number of carbonyl (C=O) groups excluding carboxylic acids is 1. The number of aromatic nitrogens is 4. The first-order valence-corrected chi connectivity index (χ1v) is 7.78. The van der Waals surface area contributed by atoms with Crippen LogP contribution in [0.15, 0.2) is 29.4 Å². The summed E-state index contributed by atoms with van der Waals surface area (Å²) in [6, 6.07) is 7.12. The monoisotopic (exact) mass is 354 g/mol. The Hall–Kier alpha value is -3.49. The average molecular weight is 354 g/mol. The molecule has 26 heavy (non-hydrogen) atoms. The van der Waals surface area contributed by atoms with Crippen molar-refractivity contribution in [2.24, 2.45) is 5.10 Å². The fraction of sp³-hybridized carbons (Fsp3) is 0.235. The molecule has 2 heterocycles. The summed E-state index contributed by atoms with van der Waals surface area (Å²) in [6.07, 6.45) is 1.47. The molecule has 0 fully saturated rings. The number of hydrazone groups is 1. The fourth-order valence-corrected chi connectivity index (χ4v) is 2.40. The third-order valence-corrected chi connectivity index (χ3v) is 3.63. The van der Waals surface area contributed by atoms with E-state index >= 15 is 0 Å². The van der Waals surface area contributed by atoms with E-state index in [-0.39, 0.29) is 5.82 Å². The first kappa shape index (κ1) is 17.3. The number of benzene rings is 1. The molecule has 0 saturated carbocycles. The Balaban J connectivity index is 1.77. The van der Waals surface area contributed by atoms with Crippen molar-refractivity contribution in [2.75, 3.05) is 14.2 Å². The SMILES string of the molecule is COc1ccc(C=NNC(=O)c2nc3nc(C)cc(C)n3n2)c(OC)c1. The van der Waals surface area contributed by atoms with Crippen molar-refractivity contribution in [1.82, 2.24) is 25.0 Å². The van der Waals surface area contributed by atoms with E-state index in [1.165, 1.54) is 10.7 Å². The number of hydrogen-bond acceptors (Lipinski definition) is 7. The highest BCUT2D eigenvalue weighted by molar-refractivity contribution is 5.92. The number of aryl methyl sites for hydroxylation is 2. The number of hydrogen-bond donors (Lipinski definition) is 1. The van der Waals surface area contributed by atoms with E-state index in [1.54, 1.807) is 32.4 Å². The normalized spacial score (nSPS) is 11.1. The van der Waals surface area contributed by atoms with Gasteiger partial charge in [0, 0.05) is 23.0 Å². The van der Waals surface area contributed by atoms with Gasteiger partial charge in [-0.3, -0.25) is 4.79 Å². The number of methoxy groups -OCH3 is 2. The molecular formula is C17H18N6O3. The van der Waals surface area contributed by atoms with Crippen molar-refractivity contribution in [3.63, 3.8) is 0 Å². The summed E-state index contributed by atoms with van der Waals surface area (Å²) in [5.41, 5.74) is 4.73. The standard InChI is InChI=1S/C17H18N6O3/c1-10-7-11(2)23-17(19-10)20-15(22-23)16(24)21-18-9-12-5-6-13(25-3)8-14(12)26-4/h5-9H,1-4H3,(H,21,24). The second kappa shape index (κ2) is 7.18. The molecule has 0 saturated heterocycles. The fourth-order valence-electron chi connectivity index (χ4n) is 2.40. The van der Waals surface area contributed by atoms with Crippen molar-refractivity contribution in [2.45, 2.75) is 13.8 Å². The van der Waals surface area contributed by atoms with Gasteiger partial charge in [0.05, 0.1) is 20.4 Å². The zero-order valence-electron chi connectivity index (χ0n) is 14.8.